The first-order valence-electron chi connectivity index (χ1n) is 6.48. The minimum Gasteiger partial charge on any atom is -0.489 e. The highest BCUT2D eigenvalue weighted by Gasteiger charge is 2.06. The van der Waals surface area contributed by atoms with Crippen LogP contribution in [0.15, 0.2) is 42.6 Å². The van der Waals surface area contributed by atoms with Crippen LogP contribution < -0.4 is 10.1 Å². The molecular formula is C16H17N3O. The predicted octanol–water partition coefficient (Wildman–Crippen LogP) is 2.81. The first kappa shape index (κ1) is 14.0. The van der Waals surface area contributed by atoms with Crippen molar-refractivity contribution < 1.29 is 4.74 Å². The third kappa shape index (κ3) is 3.34. The van der Waals surface area contributed by atoms with E-state index in [0.717, 1.165) is 16.9 Å². The maximum absolute atomic E-state index is 8.99. The van der Waals surface area contributed by atoms with Gasteiger partial charge < -0.3 is 10.1 Å². The molecule has 1 aromatic heterocycles. The number of hydrogen-bond donors (Lipinski definition) is 1. The Morgan fingerprint density at radius 1 is 1.35 bits per heavy atom. The van der Waals surface area contributed by atoms with Gasteiger partial charge in [0.05, 0.1) is 0 Å². The van der Waals surface area contributed by atoms with Gasteiger partial charge in [0.25, 0.3) is 0 Å². The average Bonchev–Trinajstić information content (AvgIpc) is 2.52. The summed E-state index contributed by atoms with van der Waals surface area (Å²) in [4.78, 5) is 4.02. The summed E-state index contributed by atoms with van der Waals surface area (Å²) in [6.45, 7) is 2.43. The lowest BCUT2D eigenvalue weighted by molar-refractivity contribution is 0.305. The van der Waals surface area contributed by atoms with Gasteiger partial charge in [0.15, 0.2) is 0 Å². The molecule has 0 spiro atoms. The summed E-state index contributed by atoms with van der Waals surface area (Å²) in [7, 11) is 1.92. The summed E-state index contributed by atoms with van der Waals surface area (Å²) in [5.41, 5.74) is 2.37. The zero-order valence-corrected chi connectivity index (χ0v) is 11.6. The summed E-state index contributed by atoms with van der Waals surface area (Å²) in [6.07, 6.45) is 1.61. The van der Waals surface area contributed by atoms with Crippen LogP contribution in [0.4, 0.5) is 0 Å². The smallest absolute Gasteiger partial charge is 0.147 e. The lowest BCUT2D eigenvalue weighted by Gasteiger charge is -2.13. The molecular weight excluding hydrogens is 250 g/mol. The van der Waals surface area contributed by atoms with Gasteiger partial charge in [-0.3, -0.25) is 0 Å². The van der Waals surface area contributed by atoms with E-state index >= 15 is 0 Å². The van der Waals surface area contributed by atoms with Crippen molar-refractivity contribution in [1.82, 2.24) is 10.3 Å². The molecule has 0 radical (unpaired) electrons. The molecule has 0 saturated carbocycles. The van der Waals surface area contributed by atoms with Gasteiger partial charge in [-0.25, -0.2) is 4.98 Å². The van der Waals surface area contributed by atoms with Gasteiger partial charge >= 0.3 is 0 Å². The van der Waals surface area contributed by atoms with Gasteiger partial charge in [0, 0.05) is 17.8 Å². The van der Waals surface area contributed by atoms with Crippen LogP contribution in [0.1, 0.15) is 29.8 Å². The van der Waals surface area contributed by atoms with E-state index in [2.05, 4.69) is 29.4 Å². The number of nitrogens with zero attached hydrogens (tertiary/aromatic N) is 2. The van der Waals surface area contributed by atoms with Crippen LogP contribution in [0.5, 0.6) is 5.75 Å². The minimum absolute atomic E-state index is 0.270. The maximum Gasteiger partial charge on any atom is 0.147 e. The van der Waals surface area contributed by atoms with E-state index in [9.17, 15) is 0 Å². The molecule has 0 bridgehead atoms. The van der Waals surface area contributed by atoms with E-state index in [-0.39, 0.29) is 6.04 Å². The second-order valence-electron chi connectivity index (χ2n) is 4.49. The zero-order valence-electron chi connectivity index (χ0n) is 11.6. The number of pyridine rings is 1. The highest BCUT2D eigenvalue weighted by atomic mass is 16.5. The molecule has 20 heavy (non-hydrogen) atoms. The van der Waals surface area contributed by atoms with Crippen molar-refractivity contribution in [2.24, 2.45) is 0 Å². The Hall–Kier alpha value is -2.38. The monoisotopic (exact) mass is 267 g/mol. The lowest BCUT2D eigenvalue weighted by Crippen LogP contribution is -2.12. The molecule has 1 N–H and O–H groups in total. The average molecular weight is 267 g/mol. The number of nitrogens with one attached hydrogen (secondary N) is 1. The Kier molecular flexibility index (Phi) is 4.70. The molecule has 0 saturated heterocycles. The maximum atomic E-state index is 8.99. The standard InChI is InChI=1S/C16H17N3O/c1-12(18-2)13-5-3-7-15(9-13)20-11-14-6-4-8-19-16(14)10-17/h3-9,12,18H,11H2,1-2H3. The number of rotatable bonds is 5. The molecule has 0 amide bonds. The van der Waals surface area contributed by atoms with E-state index in [1.807, 2.05) is 31.3 Å². The molecule has 1 heterocycles. The van der Waals surface area contributed by atoms with E-state index in [1.54, 1.807) is 12.3 Å². The van der Waals surface area contributed by atoms with Gasteiger partial charge in [-0.2, -0.15) is 5.26 Å². The van der Waals surface area contributed by atoms with Crippen LogP contribution in [-0.4, -0.2) is 12.0 Å². The number of hydrogen-bond acceptors (Lipinski definition) is 4. The summed E-state index contributed by atoms with van der Waals surface area (Å²) in [6, 6.07) is 13.9. The van der Waals surface area contributed by atoms with Gasteiger partial charge in [0.2, 0.25) is 0 Å². The van der Waals surface area contributed by atoms with Crippen molar-refractivity contribution in [3.63, 3.8) is 0 Å². The Balaban J connectivity index is 2.10. The van der Waals surface area contributed by atoms with Crippen molar-refractivity contribution in [1.29, 1.82) is 5.26 Å². The molecule has 4 heteroatoms. The fourth-order valence-corrected chi connectivity index (χ4v) is 1.86. The van der Waals surface area contributed by atoms with Crippen LogP contribution in [0.25, 0.3) is 0 Å². The Morgan fingerprint density at radius 2 is 2.20 bits per heavy atom. The van der Waals surface area contributed by atoms with E-state index < -0.39 is 0 Å². The van der Waals surface area contributed by atoms with E-state index in [4.69, 9.17) is 10.00 Å². The van der Waals surface area contributed by atoms with Crippen molar-refractivity contribution >= 4 is 0 Å². The van der Waals surface area contributed by atoms with Crippen LogP contribution >= 0.6 is 0 Å². The van der Waals surface area contributed by atoms with Gasteiger partial charge in [-0.15, -0.1) is 0 Å². The molecule has 1 aromatic carbocycles. The summed E-state index contributed by atoms with van der Waals surface area (Å²) >= 11 is 0. The summed E-state index contributed by atoms with van der Waals surface area (Å²) in [5.74, 6) is 0.789. The van der Waals surface area contributed by atoms with Crippen LogP contribution in [0.3, 0.4) is 0 Å². The number of aromatic nitrogens is 1. The van der Waals surface area contributed by atoms with Crippen LogP contribution in [0.2, 0.25) is 0 Å². The fraction of sp³-hybridized carbons (Fsp3) is 0.250. The highest BCUT2D eigenvalue weighted by Crippen LogP contribution is 2.20. The molecule has 1 unspecified atom stereocenters. The third-order valence-corrected chi connectivity index (χ3v) is 3.18. The minimum atomic E-state index is 0.270. The summed E-state index contributed by atoms with van der Waals surface area (Å²) < 4.78 is 5.75. The quantitative estimate of drug-likeness (QED) is 0.905. The van der Waals surface area contributed by atoms with Gasteiger partial charge in [-0.05, 0) is 37.7 Å². The number of nitriles is 1. The molecule has 0 aliphatic heterocycles. The van der Waals surface area contributed by atoms with E-state index in [0.29, 0.717) is 12.3 Å². The normalized spacial score (nSPS) is 11.7. The second kappa shape index (κ2) is 6.69. The van der Waals surface area contributed by atoms with Gasteiger partial charge in [0.1, 0.15) is 24.1 Å². The molecule has 4 nitrogen and oxygen atoms in total. The van der Waals surface area contributed by atoms with Crippen molar-refractivity contribution in [3.05, 3.63) is 59.4 Å². The SMILES string of the molecule is CNC(C)c1cccc(OCc2cccnc2C#N)c1. The molecule has 2 aromatic rings. The van der Waals surface area contributed by atoms with Crippen LogP contribution in [-0.2, 0) is 6.61 Å². The number of ether oxygens (including phenoxy) is 1. The molecule has 1 atom stereocenters. The number of benzene rings is 1. The fourth-order valence-electron chi connectivity index (χ4n) is 1.86. The van der Waals surface area contributed by atoms with Crippen molar-refractivity contribution in [2.75, 3.05) is 7.05 Å². The van der Waals surface area contributed by atoms with Crippen molar-refractivity contribution in [3.8, 4) is 11.8 Å². The Bertz CT molecular complexity index is 619. The Labute approximate surface area is 119 Å². The largest absolute Gasteiger partial charge is 0.489 e. The third-order valence-electron chi connectivity index (χ3n) is 3.18. The van der Waals surface area contributed by atoms with Gasteiger partial charge in [-0.1, -0.05) is 18.2 Å². The zero-order chi connectivity index (χ0) is 14.4. The van der Waals surface area contributed by atoms with E-state index in [1.165, 1.54) is 0 Å². The second-order valence-corrected chi connectivity index (χ2v) is 4.49. The van der Waals surface area contributed by atoms with Crippen LogP contribution in [0, 0.1) is 11.3 Å². The first-order chi connectivity index (χ1) is 9.74. The Morgan fingerprint density at radius 3 is 2.95 bits per heavy atom. The molecule has 0 aliphatic rings. The van der Waals surface area contributed by atoms with Crippen molar-refractivity contribution in [2.45, 2.75) is 19.6 Å². The molecule has 0 fully saturated rings. The molecule has 0 aliphatic carbocycles. The molecule has 102 valence electrons. The highest BCUT2D eigenvalue weighted by molar-refractivity contribution is 5.33. The topological polar surface area (TPSA) is 57.9 Å². The first-order valence-corrected chi connectivity index (χ1v) is 6.48. The summed E-state index contributed by atoms with van der Waals surface area (Å²) in [5, 5.41) is 12.2. The lowest BCUT2D eigenvalue weighted by atomic mass is 10.1. The molecule has 2 rings (SSSR count). The predicted molar refractivity (Wildman–Crippen MR) is 77.2 cm³/mol.